The molecule has 1 atom stereocenters. The number of tetrazole rings is 1. The van der Waals surface area contributed by atoms with Gasteiger partial charge >= 0.3 is 5.97 Å². The highest BCUT2D eigenvalue weighted by molar-refractivity contribution is 7.80. The Hall–Kier alpha value is -1.15. The van der Waals surface area contributed by atoms with Crippen LogP contribution in [0.5, 0.6) is 0 Å². The molecule has 0 aromatic carbocycles. The molecule has 0 aliphatic carbocycles. The number of carbonyl (C=O) groups is 1. The van der Waals surface area contributed by atoms with Gasteiger partial charge in [0.2, 0.25) is 5.16 Å². The van der Waals surface area contributed by atoms with Gasteiger partial charge in [-0.05, 0) is 31.2 Å². The predicted octanol–water partition coefficient (Wildman–Crippen LogP) is -0.369. The standard InChI is InChI=1S/C8H15N5O2S/c1-8(2,3)15-6(14)5(9)4-13-7(16)10-11-12-13/h5H,4,9H2,1-3H3,(H,10,12,16). The molecule has 1 rings (SSSR count). The van der Waals surface area contributed by atoms with Crippen LogP contribution >= 0.6 is 12.6 Å². The first-order valence-corrected chi connectivity index (χ1v) is 5.18. The molecule has 0 fully saturated rings. The molecule has 0 saturated heterocycles. The molecule has 1 aromatic rings. The van der Waals surface area contributed by atoms with Gasteiger partial charge < -0.3 is 10.5 Å². The van der Waals surface area contributed by atoms with E-state index in [4.69, 9.17) is 10.5 Å². The van der Waals surface area contributed by atoms with Crippen molar-refractivity contribution in [3.8, 4) is 0 Å². The zero-order valence-corrected chi connectivity index (χ0v) is 10.3. The summed E-state index contributed by atoms with van der Waals surface area (Å²) < 4.78 is 6.45. The highest BCUT2D eigenvalue weighted by Gasteiger charge is 2.23. The van der Waals surface area contributed by atoms with Gasteiger partial charge in [-0.15, -0.1) is 17.7 Å². The van der Waals surface area contributed by atoms with Crippen LogP contribution in [0.3, 0.4) is 0 Å². The number of rotatable bonds is 3. The molecule has 2 N–H and O–H groups in total. The summed E-state index contributed by atoms with van der Waals surface area (Å²) in [6.07, 6.45) is 0. The average molecular weight is 245 g/mol. The molecule has 90 valence electrons. The maximum absolute atomic E-state index is 11.5. The van der Waals surface area contributed by atoms with Crippen LogP contribution in [-0.2, 0) is 16.1 Å². The number of hydrogen-bond donors (Lipinski definition) is 2. The Morgan fingerprint density at radius 3 is 2.69 bits per heavy atom. The van der Waals surface area contributed by atoms with E-state index in [1.807, 2.05) is 0 Å². The molecule has 0 radical (unpaired) electrons. The van der Waals surface area contributed by atoms with Crippen LogP contribution in [0.4, 0.5) is 0 Å². The van der Waals surface area contributed by atoms with Crippen LogP contribution in [-0.4, -0.2) is 37.8 Å². The first kappa shape index (κ1) is 12.9. The molecule has 1 heterocycles. The Morgan fingerprint density at radius 2 is 2.25 bits per heavy atom. The second-order valence-corrected chi connectivity index (χ2v) is 4.70. The zero-order valence-electron chi connectivity index (χ0n) is 9.41. The largest absolute Gasteiger partial charge is 0.459 e. The predicted molar refractivity (Wildman–Crippen MR) is 58.9 cm³/mol. The summed E-state index contributed by atoms with van der Waals surface area (Å²) >= 11 is 4.00. The van der Waals surface area contributed by atoms with Gasteiger partial charge in [0.1, 0.15) is 11.6 Å². The Bertz CT molecular complexity index is 373. The first-order valence-electron chi connectivity index (χ1n) is 4.73. The highest BCUT2D eigenvalue weighted by Crippen LogP contribution is 2.08. The van der Waals surface area contributed by atoms with E-state index < -0.39 is 17.6 Å². The summed E-state index contributed by atoms with van der Waals surface area (Å²) in [4.78, 5) is 11.5. The van der Waals surface area contributed by atoms with Crippen molar-refractivity contribution in [1.29, 1.82) is 0 Å². The Labute approximate surface area is 98.7 Å². The smallest absolute Gasteiger partial charge is 0.325 e. The monoisotopic (exact) mass is 245 g/mol. The molecule has 1 unspecified atom stereocenters. The summed E-state index contributed by atoms with van der Waals surface area (Å²) in [5, 5.41) is 10.9. The van der Waals surface area contributed by atoms with Crippen LogP contribution in [0, 0.1) is 0 Å². The third-order valence-corrected chi connectivity index (χ3v) is 1.91. The summed E-state index contributed by atoms with van der Waals surface area (Å²) in [5.41, 5.74) is 5.10. The lowest BCUT2D eigenvalue weighted by molar-refractivity contribution is -0.156. The topological polar surface area (TPSA) is 95.9 Å². The molecule has 0 spiro atoms. The van der Waals surface area contributed by atoms with Crippen LogP contribution < -0.4 is 5.73 Å². The van der Waals surface area contributed by atoms with Gasteiger partial charge in [0.25, 0.3) is 0 Å². The number of nitrogens with two attached hydrogens (primary N) is 1. The number of carbonyl (C=O) groups excluding carboxylic acids is 1. The molecule has 0 bridgehead atoms. The minimum absolute atomic E-state index is 0.140. The lowest BCUT2D eigenvalue weighted by atomic mass is 10.2. The third kappa shape index (κ3) is 3.78. The quantitative estimate of drug-likeness (QED) is 0.557. The van der Waals surface area contributed by atoms with Crippen LogP contribution in [0.25, 0.3) is 0 Å². The van der Waals surface area contributed by atoms with Crippen molar-refractivity contribution in [1.82, 2.24) is 20.2 Å². The van der Waals surface area contributed by atoms with Gasteiger partial charge in [-0.25, -0.2) is 4.68 Å². The van der Waals surface area contributed by atoms with E-state index in [9.17, 15) is 4.79 Å². The summed E-state index contributed by atoms with van der Waals surface area (Å²) in [6, 6.07) is -0.811. The van der Waals surface area contributed by atoms with Gasteiger partial charge in [0, 0.05) is 0 Å². The van der Waals surface area contributed by atoms with Crippen molar-refractivity contribution < 1.29 is 9.53 Å². The average Bonchev–Trinajstić information content (AvgIpc) is 2.49. The highest BCUT2D eigenvalue weighted by atomic mass is 32.1. The molecule has 16 heavy (non-hydrogen) atoms. The van der Waals surface area contributed by atoms with Crippen LogP contribution in [0.2, 0.25) is 0 Å². The van der Waals surface area contributed by atoms with Crippen molar-refractivity contribution in [3.05, 3.63) is 0 Å². The number of esters is 1. The number of aromatic nitrogens is 4. The summed E-state index contributed by atoms with van der Waals surface area (Å²) in [7, 11) is 0. The van der Waals surface area contributed by atoms with Crippen molar-refractivity contribution in [2.24, 2.45) is 5.73 Å². The van der Waals surface area contributed by atoms with E-state index in [-0.39, 0.29) is 6.54 Å². The molecular weight excluding hydrogens is 230 g/mol. The molecule has 1 aromatic heterocycles. The van der Waals surface area contributed by atoms with E-state index in [0.29, 0.717) is 5.16 Å². The second-order valence-electron chi connectivity index (χ2n) is 4.30. The van der Waals surface area contributed by atoms with Crippen LogP contribution in [0.15, 0.2) is 5.16 Å². The number of ether oxygens (including phenoxy) is 1. The fraction of sp³-hybridized carbons (Fsp3) is 0.750. The molecule has 0 aliphatic heterocycles. The van der Waals surface area contributed by atoms with E-state index in [1.54, 1.807) is 20.8 Å². The van der Waals surface area contributed by atoms with Gasteiger partial charge in [0.05, 0.1) is 6.54 Å². The second kappa shape index (κ2) is 4.79. The minimum Gasteiger partial charge on any atom is -0.459 e. The molecule has 0 aliphatic rings. The molecule has 8 heteroatoms. The summed E-state index contributed by atoms with van der Waals surface area (Å²) in [6.45, 7) is 5.47. The normalized spacial score (nSPS) is 13.6. The fourth-order valence-electron chi connectivity index (χ4n) is 0.956. The SMILES string of the molecule is CC(C)(C)OC(=O)C(N)Cn1nnnc1S. The zero-order chi connectivity index (χ0) is 12.3. The van der Waals surface area contributed by atoms with E-state index in [0.717, 1.165) is 0 Å². The van der Waals surface area contributed by atoms with Gasteiger partial charge in [0.15, 0.2) is 0 Å². The Kier molecular flexibility index (Phi) is 3.87. The van der Waals surface area contributed by atoms with Gasteiger partial charge in [-0.3, -0.25) is 4.79 Å². The molecule has 7 nitrogen and oxygen atoms in total. The molecule has 0 saturated carbocycles. The van der Waals surface area contributed by atoms with E-state index >= 15 is 0 Å². The van der Waals surface area contributed by atoms with E-state index in [1.165, 1.54) is 4.68 Å². The first-order chi connectivity index (χ1) is 7.29. The maximum atomic E-state index is 11.5. The lowest BCUT2D eigenvalue weighted by Gasteiger charge is -2.22. The van der Waals surface area contributed by atoms with Crippen molar-refractivity contribution >= 4 is 18.6 Å². The lowest BCUT2D eigenvalue weighted by Crippen LogP contribution is -2.40. The number of nitrogens with zero attached hydrogens (tertiary/aromatic N) is 4. The van der Waals surface area contributed by atoms with Crippen molar-refractivity contribution in [2.75, 3.05) is 0 Å². The molecule has 0 amide bonds. The van der Waals surface area contributed by atoms with Crippen molar-refractivity contribution in [3.63, 3.8) is 0 Å². The maximum Gasteiger partial charge on any atom is 0.325 e. The third-order valence-electron chi connectivity index (χ3n) is 1.59. The number of thiol groups is 1. The van der Waals surface area contributed by atoms with Crippen molar-refractivity contribution in [2.45, 2.75) is 44.1 Å². The van der Waals surface area contributed by atoms with Crippen LogP contribution in [0.1, 0.15) is 20.8 Å². The summed E-state index contributed by atoms with van der Waals surface area (Å²) in [5.74, 6) is -0.490. The van der Waals surface area contributed by atoms with E-state index in [2.05, 4.69) is 28.2 Å². The Balaban J connectivity index is 2.56. The Morgan fingerprint density at radius 1 is 1.62 bits per heavy atom. The fourth-order valence-corrected chi connectivity index (χ4v) is 1.12. The van der Waals surface area contributed by atoms with Gasteiger partial charge in [-0.2, -0.15) is 0 Å². The van der Waals surface area contributed by atoms with Gasteiger partial charge in [-0.1, -0.05) is 0 Å². The number of hydrogen-bond acceptors (Lipinski definition) is 7. The molecular formula is C8H15N5O2S. The minimum atomic E-state index is -0.811.